The SMILES string of the molecule is C[C@H]1c2[nH]c3ccccc3c2CCN1C(=O)c1ccncc1. The number of carbonyl (C=O) groups excluding carboxylic acids is 1. The molecule has 1 N–H and O–H groups in total. The number of fused-ring (bicyclic) bond motifs is 3. The molecule has 3 aromatic rings. The van der Waals surface area contributed by atoms with E-state index in [2.05, 4.69) is 35.1 Å². The summed E-state index contributed by atoms with van der Waals surface area (Å²) in [5.74, 6) is 0.0687. The van der Waals surface area contributed by atoms with Crippen LogP contribution in [0.2, 0.25) is 0 Å². The maximum atomic E-state index is 12.7. The third-order valence-electron chi connectivity index (χ3n) is 4.52. The van der Waals surface area contributed by atoms with Crippen molar-refractivity contribution < 1.29 is 4.79 Å². The van der Waals surface area contributed by atoms with Gasteiger partial charge in [-0.2, -0.15) is 0 Å². The van der Waals surface area contributed by atoms with Crippen molar-refractivity contribution >= 4 is 16.8 Å². The number of hydrogen-bond acceptors (Lipinski definition) is 2. The van der Waals surface area contributed by atoms with E-state index < -0.39 is 0 Å². The molecule has 0 bridgehead atoms. The minimum Gasteiger partial charge on any atom is -0.356 e. The molecule has 3 heterocycles. The molecule has 1 aliphatic rings. The Bertz CT molecular complexity index is 838. The highest BCUT2D eigenvalue weighted by Crippen LogP contribution is 2.34. The summed E-state index contributed by atoms with van der Waals surface area (Å²) in [7, 11) is 0. The number of H-pyrrole nitrogens is 1. The Morgan fingerprint density at radius 3 is 2.82 bits per heavy atom. The summed E-state index contributed by atoms with van der Waals surface area (Å²) in [5.41, 5.74) is 4.36. The molecule has 1 amide bonds. The molecule has 4 rings (SSSR count). The molecule has 4 heteroatoms. The second-order valence-electron chi connectivity index (χ2n) is 5.72. The Morgan fingerprint density at radius 2 is 2.00 bits per heavy atom. The number of amides is 1. The molecule has 0 radical (unpaired) electrons. The van der Waals surface area contributed by atoms with Crippen LogP contribution < -0.4 is 0 Å². The third-order valence-corrected chi connectivity index (χ3v) is 4.52. The van der Waals surface area contributed by atoms with Crippen LogP contribution in [0.3, 0.4) is 0 Å². The molecule has 1 aliphatic heterocycles. The highest BCUT2D eigenvalue weighted by atomic mass is 16.2. The lowest BCUT2D eigenvalue weighted by atomic mass is 9.97. The molecule has 22 heavy (non-hydrogen) atoms. The lowest BCUT2D eigenvalue weighted by Gasteiger charge is -2.33. The number of aromatic nitrogens is 2. The van der Waals surface area contributed by atoms with Gasteiger partial charge in [0.05, 0.1) is 6.04 Å². The van der Waals surface area contributed by atoms with Crippen LogP contribution in [0.25, 0.3) is 10.9 Å². The van der Waals surface area contributed by atoms with E-state index in [0.717, 1.165) is 24.2 Å². The van der Waals surface area contributed by atoms with Crippen LogP contribution in [0.4, 0.5) is 0 Å². The van der Waals surface area contributed by atoms with E-state index in [0.29, 0.717) is 5.56 Å². The molecule has 1 atom stereocenters. The molecule has 0 unspecified atom stereocenters. The average molecular weight is 291 g/mol. The number of nitrogens with one attached hydrogen (secondary N) is 1. The van der Waals surface area contributed by atoms with Gasteiger partial charge in [0.1, 0.15) is 0 Å². The van der Waals surface area contributed by atoms with Crippen LogP contribution in [0.5, 0.6) is 0 Å². The maximum absolute atomic E-state index is 12.7. The van der Waals surface area contributed by atoms with Crippen LogP contribution in [-0.2, 0) is 6.42 Å². The highest BCUT2D eigenvalue weighted by molar-refractivity contribution is 5.95. The maximum Gasteiger partial charge on any atom is 0.254 e. The third kappa shape index (κ3) is 1.91. The monoisotopic (exact) mass is 291 g/mol. The summed E-state index contributed by atoms with van der Waals surface area (Å²) < 4.78 is 0. The van der Waals surface area contributed by atoms with Crippen LogP contribution in [-0.4, -0.2) is 27.3 Å². The average Bonchev–Trinajstić information content (AvgIpc) is 2.95. The first-order chi connectivity index (χ1) is 10.8. The zero-order chi connectivity index (χ0) is 15.1. The topological polar surface area (TPSA) is 49.0 Å². The molecule has 0 saturated heterocycles. The molecule has 0 spiro atoms. The summed E-state index contributed by atoms with van der Waals surface area (Å²) in [6.45, 7) is 2.84. The predicted molar refractivity (Wildman–Crippen MR) is 85.7 cm³/mol. The van der Waals surface area contributed by atoms with Gasteiger partial charge in [-0.25, -0.2) is 0 Å². The van der Waals surface area contributed by atoms with E-state index in [1.54, 1.807) is 24.5 Å². The predicted octanol–water partition coefficient (Wildman–Crippen LogP) is 3.32. The number of pyridine rings is 1. The van der Waals surface area contributed by atoms with Crippen molar-refractivity contribution in [3.8, 4) is 0 Å². The molecule has 0 saturated carbocycles. The van der Waals surface area contributed by atoms with Gasteiger partial charge in [0.25, 0.3) is 5.91 Å². The Kier molecular flexibility index (Phi) is 2.96. The summed E-state index contributed by atoms with van der Waals surface area (Å²) in [6.07, 6.45) is 4.22. The van der Waals surface area contributed by atoms with Crippen LogP contribution in [0, 0.1) is 0 Å². The number of para-hydroxylation sites is 1. The summed E-state index contributed by atoms with van der Waals surface area (Å²) in [6, 6.07) is 11.9. The minimum atomic E-state index is 0.0526. The molecule has 2 aromatic heterocycles. The van der Waals surface area contributed by atoms with Crippen molar-refractivity contribution in [2.45, 2.75) is 19.4 Å². The van der Waals surface area contributed by atoms with E-state index in [-0.39, 0.29) is 11.9 Å². The quantitative estimate of drug-likeness (QED) is 0.747. The van der Waals surface area contributed by atoms with Crippen molar-refractivity contribution in [1.82, 2.24) is 14.9 Å². The van der Waals surface area contributed by atoms with Crippen molar-refractivity contribution in [1.29, 1.82) is 0 Å². The zero-order valence-corrected chi connectivity index (χ0v) is 12.4. The Labute approximate surface area is 128 Å². The smallest absolute Gasteiger partial charge is 0.254 e. The Balaban J connectivity index is 1.73. The van der Waals surface area contributed by atoms with Gasteiger partial charge >= 0.3 is 0 Å². The molecule has 4 nitrogen and oxygen atoms in total. The minimum absolute atomic E-state index is 0.0526. The standard InChI is InChI=1S/C18H17N3O/c1-12-17-15(14-4-2-3-5-16(14)20-17)8-11-21(12)18(22)13-6-9-19-10-7-13/h2-7,9-10,12,20H,8,11H2,1H3/t12-/m0/s1. The van der Waals surface area contributed by atoms with Crippen LogP contribution >= 0.6 is 0 Å². The van der Waals surface area contributed by atoms with Gasteiger partial charge in [-0.3, -0.25) is 9.78 Å². The van der Waals surface area contributed by atoms with Gasteiger partial charge in [-0.05, 0) is 37.1 Å². The van der Waals surface area contributed by atoms with Crippen molar-refractivity contribution in [3.63, 3.8) is 0 Å². The fraction of sp³-hybridized carbons (Fsp3) is 0.222. The largest absolute Gasteiger partial charge is 0.356 e. The molecular formula is C18H17N3O. The van der Waals surface area contributed by atoms with Gasteiger partial charge in [0, 0.05) is 41.1 Å². The van der Waals surface area contributed by atoms with E-state index >= 15 is 0 Å². The summed E-state index contributed by atoms with van der Waals surface area (Å²) in [4.78, 5) is 22.1. The number of benzene rings is 1. The lowest BCUT2D eigenvalue weighted by Crippen LogP contribution is -2.38. The number of carbonyl (C=O) groups is 1. The van der Waals surface area contributed by atoms with Crippen molar-refractivity contribution in [3.05, 3.63) is 65.6 Å². The lowest BCUT2D eigenvalue weighted by molar-refractivity contribution is 0.0674. The van der Waals surface area contributed by atoms with Crippen molar-refractivity contribution in [2.75, 3.05) is 6.54 Å². The first kappa shape index (κ1) is 13.1. The van der Waals surface area contributed by atoms with Crippen molar-refractivity contribution in [2.24, 2.45) is 0 Å². The highest BCUT2D eigenvalue weighted by Gasteiger charge is 2.30. The van der Waals surface area contributed by atoms with Gasteiger partial charge in [-0.1, -0.05) is 18.2 Å². The van der Waals surface area contributed by atoms with E-state index in [4.69, 9.17) is 0 Å². The number of nitrogens with zero attached hydrogens (tertiary/aromatic N) is 2. The second kappa shape index (κ2) is 4.98. The fourth-order valence-corrected chi connectivity index (χ4v) is 3.37. The Hall–Kier alpha value is -2.62. The second-order valence-corrected chi connectivity index (χ2v) is 5.72. The van der Waals surface area contributed by atoms with E-state index in [1.807, 2.05) is 11.0 Å². The zero-order valence-electron chi connectivity index (χ0n) is 12.4. The molecule has 1 aromatic carbocycles. The summed E-state index contributed by atoms with van der Waals surface area (Å²) >= 11 is 0. The number of rotatable bonds is 1. The number of aromatic amines is 1. The van der Waals surface area contributed by atoms with Gasteiger partial charge in [0.2, 0.25) is 0 Å². The van der Waals surface area contributed by atoms with Crippen LogP contribution in [0.15, 0.2) is 48.8 Å². The van der Waals surface area contributed by atoms with Gasteiger partial charge in [0.15, 0.2) is 0 Å². The first-order valence-electron chi connectivity index (χ1n) is 7.56. The summed E-state index contributed by atoms with van der Waals surface area (Å²) in [5, 5.41) is 1.28. The normalized spacial score (nSPS) is 17.5. The van der Waals surface area contributed by atoms with Crippen LogP contribution in [0.1, 0.15) is 34.6 Å². The number of hydrogen-bond donors (Lipinski definition) is 1. The van der Waals surface area contributed by atoms with Gasteiger partial charge < -0.3 is 9.88 Å². The molecular weight excluding hydrogens is 274 g/mol. The van der Waals surface area contributed by atoms with E-state index in [9.17, 15) is 4.79 Å². The van der Waals surface area contributed by atoms with E-state index in [1.165, 1.54) is 10.9 Å². The first-order valence-corrected chi connectivity index (χ1v) is 7.56. The molecule has 0 fully saturated rings. The molecule has 0 aliphatic carbocycles. The van der Waals surface area contributed by atoms with Gasteiger partial charge in [-0.15, -0.1) is 0 Å². The molecule has 110 valence electrons. The Morgan fingerprint density at radius 1 is 1.23 bits per heavy atom. The fourth-order valence-electron chi connectivity index (χ4n) is 3.37.